The number of furan rings is 1. The van der Waals surface area contributed by atoms with Gasteiger partial charge in [0.05, 0.1) is 17.6 Å². The van der Waals surface area contributed by atoms with Crippen LogP contribution in [0.25, 0.3) is 0 Å². The van der Waals surface area contributed by atoms with Gasteiger partial charge in [0, 0.05) is 23.4 Å². The summed E-state index contributed by atoms with van der Waals surface area (Å²) in [6.45, 7) is 4.13. The zero-order chi connectivity index (χ0) is 23.2. The molecule has 33 heavy (non-hydrogen) atoms. The highest BCUT2D eigenvalue weighted by molar-refractivity contribution is 6.09. The Labute approximate surface area is 191 Å². The van der Waals surface area contributed by atoms with Crippen LogP contribution in [0.15, 0.2) is 82.6 Å². The first kappa shape index (κ1) is 21.0. The van der Waals surface area contributed by atoms with Crippen molar-refractivity contribution >= 4 is 28.9 Å². The van der Waals surface area contributed by atoms with Crippen LogP contribution >= 0.6 is 0 Å². The molecule has 2 heterocycles. The maximum atomic E-state index is 13.7. The summed E-state index contributed by atoms with van der Waals surface area (Å²) in [7, 11) is 0. The van der Waals surface area contributed by atoms with Gasteiger partial charge >= 0.3 is 6.03 Å². The van der Waals surface area contributed by atoms with Crippen molar-refractivity contribution in [3.63, 3.8) is 0 Å². The molecule has 1 aliphatic heterocycles. The number of nitrogens with zero attached hydrogens (tertiary/aromatic N) is 1. The van der Waals surface area contributed by atoms with Crippen LogP contribution < -0.4 is 15.5 Å². The normalized spacial score (nSPS) is 19.3. The van der Waals surface area contributed by atoms with Gasteiger partial charge in [-0.3, -0.25) is 9.69 Å². The highest BCUT2D eigenvalue weighted by atomic mass is 19.1. The Balaban J connectivity index is 1.68. The molecule has 0 fully saturated rings. The summed E-state index contributed by atoms with van der Waals surface area (Å²) in [5, 5.41) is 6.28. The first-order valence-corrected chi connectivity index (χ1v) is 10.8. The number of benzene rings is 2. The van der Waals surface area contributed by atoms with Gasteiger partial charge in [0.2, 0.25) is 0 Å². The predicted molar refractivity (Wildman–Crippen MR) is 124 cm³/mol. The number of hydrogen-bond acceptors (Lipinski definition) is 4. The highest BCUT2D eigenvalue weighted by Gasteiger charge is 2.44. The van der Waals surface area contributed by atoms with Crippen molar-refractivity contribution in [2.45, 2.75) is 32.7 Å². The number of carbonyl (C=O) groups is 2. The van der Waals surface area contributed by atoms with E-state index in [1.807, 2.05) is 24.3 Å². The third kappa shape index (κ3) is 3.91. The third-order valence-electron chi connectivity index (χ3n) is 6.03. The molecule has 3 aromatic rings. The lowest BCUT2D eigenvalue weighted by molar-refractivity contribution is -0.118. The van der Waals surface area contributed by atoms with E-state index in [4.69, 9.17) is 4.42 Å². The topological polar surface area (TPSA) is 74.6 Å². The fourth-order valence-corrected chi connectivity index (χ4v) is 4.64. The van der Waals surface area contributed by atoms with Crippen LogP contribution in [0, 0.1) is 11.2 Å². The number of Topliss-reactive ketones (excluding diaryl/α,β-unsaturated/α-hetero) is 1. The molecule has 0 radical (unpaired) electrons. The largest absolute Gasteiger partial charge is 0.467 e. The van der Waals surface area contributed by atoms with Crippen molar-refractivity contribution < 1.29 is 18.4 Å². The minimum atomic E-state index is -0.754. The van der Waals surface area contributed by atoms with Gasteiger partial charge in [-0.15, -0.1) is 0 Å². The van der Waals surface area contributed by atoms with Crippen LogP contribution in [0.4, 0.5) is 26.2 Å². The van der Waals surface area contributed by atoms with E-state index in [0.717, 1.165) is 11.4 Å². The van der Waals surface area contributed by atoms with Crippen LogP contribution in [-0.2, 0) is 4.79 Å². The molecule has 2 aliphatic rings. The molecule has 0 unspecified atom stereocenters. The van der Waals surface area contributed by atoms with Gasteiger partial charge in [-0.2, -0.15) is 0 Å². The minimum absolute atomic E-state index is 0.0254. The molecule has 2 N–H and O–H groups in total. The van der Waals surface area contributed by atoms with E-state index < -0.39 is 17.9 Å². The van der Waals surface area contributed by atoms with Crippen LogP contribution in [0.3, 0.4) is 0 Å². The number of amides is 2. The average Bonchev–Trinajstić information content (AvgIpc) is 3.24. The summed E-state index contributed by atoms with van der Waals surface area (Å²) in [4.78, 5) is 28.7. The predicted octanol–water partition coefficient (Wildman–Crippen LogP) is 6.27. The van der Waals surface area contributed by atoms with Gasteiger partial charge in [-0.05, 0) is 60.4 Å². The molecule has 5 rings (SSSR count). The molecule has 2 aromatic carbocycles. The minimum Gasteiger partial charge on any atom is -0.467 e. The average molecular weight is 445 g/mol. The van der Waals surface area contributed by atoms with Crippen molar-refractivity contribution in [3.05, 3.63) is 89.8 Å². The second-order valence-corrected chi connectivity index (χ2v) is 9.20. The molecule has 0 bridgehead atoms. The fraction of sp³-hybridized carbons (Fsp3) is 0.231. The van der Waals surface area contributed by atoms with E-state index >= 15 is 0 Å². The van der Waals surface area contributed by atoms with Gasteiger partial charge in [-0.1, -0.05) is 26.0 Å². The van der Waals surface area contributed by atoms with Crippen molar-refractivity contribution in [1.29, 1.82) is 0 Å². The monoisotopic (exact) mass is 445 g/mol. The first-order valence-electron chi connectivity index (χ1n) is 10.8. The van der Waals surface area contributed by atoms with E-state index in [0.29, 0.717) is 35.5 Å². The zero-order valence-electron chi connectivity index (χ0n) is 18.4. The van der Waals surface area contributed by atoms with Crippen LogP contribution in [0.5, 0.6) is 0 Å². The first-order chi connectivity index (χ1) is 15.8. The molecule has 0 saturated carbocycles. The fourth-order valence-electron chi connectivity index (χ4n) is 4.64. The number of rotatable bonds is 2. The Bertz CT molecular complexity index is 1250. The van der Waals surface area contributed by atoms with Crippen molar-refractivity contribution in [3.8, 4) is 0 Å². The number of hydrogen-bond donors (Lipinski definition) is 2. The number of para-hydroxylation sites is 2. The maximum absolute atomic E-state index is 13.7. The van der Waals surface area contributed by atoms with Crippen LogP contribution in [0.1, 0.15) is 38.5 Å². The number of urea groups is 1. The van der Waals surface area contributed by atoms with Gasteiger partial charge in [0.1, 0.15) is 17.6 Å². The standard InChI is InChI=1S/C26H24FN3O3/c1-26(2)14-19-23(21(31)15-26)24(22-8-5-13-33-22)30(20-7-4-3-6-18(20)29-19)25(32)28-17-11-9-16(27)10-12-17/h3-13,24,29H,14-15H2,1-2H3,(H,28,32)/t24-/m1/s1. The summed E-state index contributed by atoms with van der Waals surface area (Å²) in [5.74, 6) is 0.0712. The van der Waals surface area contributed by atoms with E-state index in [1.54, 1.807) is 17.0 Å². The number of nitrogens with one attached hydrogen (secondary N) is 2. The molecule has 0 saturated heterocycles. The van der Waals surface area contributed by atoms with Crippen molar-refractivity contribution in [2.75, 3.05) is 15.5 Å². The lowest BCUT2D eigenvalue weighted by Gasteiger charge is -2.36. The summed E-state index contributed by atoms with van der Waals surface area (Å²) in [6.07, 6.45) is 2.56. The number of halogens is 1. The number of ketones is 1. The molecular weight excluding hydrogens is 421 g/mol. The van der Waals surface area contributed by atoms with Crippen molar-refractivity contribution in [2.24, 2.45) is 5.41 Å². The molecular formula is C26H24FN3O3. The van der Waals surface area contributed by atoms with Crippen molar-refractivity contribution in [1.82, 2.24) is 0 Å². The number of allylic oxidation sites excluding steroid dienone is 1. The van der Waals surface area contributed by atoms with Crippen LogP contribution in [-0.4, -0.2) is 11.8 Å². The maximum Gasteiger partial charge on any atom is 0.327 e. The molecule has 0 spiro atoms. The summed E-state index contributed by atoms with van der Waals surface area (Å²) >= 11 is 0. The Hall–Kier alpha value is -3.87. The number of carbonyl (C=O) groups excluding carboxylic acids is 2. The molecule has 7 heteroatoms. The van der Waals surface area contributed by atoms with Gasteiger partial charge in [-0.25, -0.2) is 9.18 Å². The quantitative estimate of drug-likeness (QED) is 0.488. The number of anilines is 3. The zero-order valence-corrected chi connectivity index (χ0v) is 18.4. The third-order valence-corrected chi connectivity index (χ3v) is 6.03. The Morgan fingerprint density at radius 3 is 2.58 bits per heavy atom. The molecule has 1 aromatic heterocycles. The number of fused-ring (bicyclic) bond motifs is 1. The summed E-state index contributed by atoms with van der Waals surface area (Å²) in [6, 6.07) is 15.3. The van der Waals surface area contributed by atoms with E-state index in [9.17, 15) is 14.0 Å². The summed E-state index contributed by atoms with van der Waals surface area (Å²) in [5.41, 5.74) is 2.88. The summed E-state index contributed by atoms with van der Waals surface area (Å²) < 4.78 is 19.1. The van der Waals surface area contributed by atoms with Crippen LogP contribution in [0.2, 0.25) is 0 Å². The van der Waals surface area contributed by atoms with E-state index in [-0.39, 0.29) is 11.2 Å². The Morgan fingerprint density at radius 1 is 1.09 bits per heavy atom. The molecule has 1 atom stereocenters. The van der Waals surface area contributed by atoms with E-state index in [2.05, 4.69) is 24.5 Å². The Morgan fingerprint density at radius 2 is 1.85 bits per heavy atom. The van der Waals surface area contributed by atoms with Gasteiger partial charge < -0.3 is 15.1 Å². The highest BCUT2D eigenvalue weighted by Crippen LogP contribution is 2.48. The second-order valence-electron chi connectivity index (χ2n) is 9.20. The smallest absolute Gasteiger partial charge is 0.327 e. The molecule has 168 valence electrons. The van der Waals surface area contributed by atoms with E-state index in [1.165, 1.54) is 30.5 Å². The molecule has 6 nitrogen and oxygen atoms in total. The molecule has 1 aliphatic carbocycles. The lowest BCUT2D eigenvalue weighted by Crippen LogP contribution is -2.41. The van der Waals surface area contributed by atoms with Gasteiger partial charge in [0.15, 0.2) is 5.78 Å². The lowest BCUT2D eigenvalue weighted by atomic mass is 9.74. The van der Waals surface area contributed by atoms with Gasteiger partial charge in [0.25, 0.3) is 0 Å². The SMILES string of the molecule is CC1(C)CC(=O)C2=C(C1)Nc1ccccc1N(C(=O)Nc1ccc(F)cc1)[C@@H]2c1ccco1. The second kappa shape index (κ2) is 7.92. The Kier molecular flexibility index (Phi) is 5.04. The molecule has 2 amide bonds.